The number of nitrogens with one attached hydrogen (secondary N) is 1. The highest BCUT2D eigenvalue weighted by atomic mass is 19.1. The molecule has 0 saturated carbocycles. The van der Waals surface area contributed by atoms with Crippen LogP contribution in [0, 0.1) is 12.7 Å². The Morgan fingerprint density at radius 2 is 2.00 bits per heavy atom. The fraction of sp³-hybridized carbons (Fsp3) is 0.321. The predicted octanol–water partition coefficient (Wildman–Crippen LogP) is 5.47. The van der Waals surface area contributed by atoms with Crippen molar-refractivity contribution >= 4 is 16.7 Å². The fourth-order valence-electron chi connectivity index (χ4n) is 5.46. The molecule has 190 valence electrons. The standard InChI is InChI=1S/C28H27F2N5O2/c1-13-16-7-6-8-24(37-15(3)29)25(16)23-11-21(32-13)26-34-20-10-19(30)17(9-22(20)35(23)26)18-12-31-27(28(4,5)36)33-14(18)2/h6-10,12,15,21,23,32,36H,1,11H2,2-5H3/t15?,21-,23-/m1/s1. The lowest BCUT2D eigenvalue weighted by Crippen LogP contribution is -2.20. The molecule has 1 unspecified atom stereocenters. The van der Waals surface area contributed by atoms with Gasteiger partial charge < -0.3 is 19.7 Å². The van der Waals surface area contributed by atoms with E-state index in [1.807, 2.05) is 12.1 Å². The van der Waals surface area contributed by atoms with Crippen LogP contribution in [0.3, 0.4) is 0 Å². The summed E-state index contributed by atoms with van der Waals surface area (Å²) in [5, 5.41) is 13.7. The number of imidazole rings is 1. The highest BCUT2D eigenvalue weighted by Gasteiger charge is 2.41. The second kappa shape index (κ2) is 8.08. The van der Waals surface area contributed by atoms with Crippen LogP contribution in [0.25, 0.3) is 27.9 Å². The maximum Gasteiger partial charge on any atom is 0.235 e. The van der Waals surface area contributed by atoms with Gasteiger partial charge in [-0.3, -0.25) is 0 Å². The molecule has 4 heterocycles. The molecule has 0 fully saturated rings. The third kappa shape index (κ3) is 3.68. The van der Waals surface area contributed by atoms with Crippen molar-refractivity contribution in [3.63, 3.8) is 0 Å². The molecular formula is C28H27F2N5O2. The number of aryl methyl sites for hydroxylation is 1. The van der Waals surface area contributed by atoms with E-state index in [4.69, 9.17) is 9.72 Å². The first-order valence-corrected chi connectivity index (χ1v) is 12.2. The van der Waals surface area contributed by atoms with Crippen LogP contribution in [-0.4, -0.2) is 31.0 Å². The molecule has 2 N–H and O–H groups in total. The van der Waals surface area contributed by atoms with Crippen LogP contribution >= 0.6 is 0 Å². The SMILES string of the molecule is C=C1N[C@@H]2C[C@H](c3c(OC(C)F)cccc31)n1c2nc2cc(F)c(-c3cnc(C(C)(C)O)nc3C)cc21. The van der Waals surface area contributed by atoms with Gasteiger partial charge in [-0.2, -0.15) is 0 Å². The third-order valence-corrected chi connectivity index (χ3v) is 7.07. The number of aliphatic hydroxyl groups is 1. The Labute approximate surface area is 212 Å². The zero-order valence-corrected chi connectivity index (χ0v) is 21.0. The lowest BCUT2D eigenvalue weighted by atomic mass is 9.96. The average Bonchev–Trinajstić information content (AvgIpc) is 3.29. The number of rotatable bonds is 4. The molecule has 0 aliphatic carbocycles. The summed E-state index contributed by atoms with van der Waals surface area (Å²) in [6.07, 6.45) is 0.725. The molecule has 0 saturated heterocycles. The van der Waals surface area contributed by atoms with Crippen molar-refractivity contribution in [2.24, 2.45) is 0 Å². The van der Waals surface area contributed by atoms with Crippen LogP contribution in [0.4, 0.5) is 8.78 Å². The van der Waals surface area contributed by atoms with Crippen molar-refractivity contribution in [1.29, 1.82) is 0 Å². The quantitative estimate of drug-likeness (QED) is 0.384. The lowest BCUT2D eigenvalue weighted by Gasteiger charge is -2.23. The van der Waals surface area contributed by atoms with Crippen LogP contribution in [0.1, 0.15) is 67.7 Å². The number of ether oxygens (including phenoxy) is 1. The Kier molecular flexibility index (Phi) is 5.14. The van der Waals surface area contributed by atoms with E-state index in [0.717, 1.165) is 22.5 Å². The van der Waals surface area contributed by atoms with Crippen molar-refractivity contribution in [2.75, 3.05) is 0 Å². The van der Waals surface area contributed by atoms with Crippen LogP contribution < -0.4 is 10.1 Å². The highest BCUT2D eigenvalue weighted by Crippen LogP contribution is 2.49. The number of aromatic nitrogens is 4. The molecule has 0 amide bonds. The molecule has 0 spiro atoms. The largest absolute Gasteiger partial charge is 0.460 e. The van der Waals surface area contributed by atoms with E-state index < -0.39 is 17.8 Å². The van der Waals surface area contributed by atoms with Gasteiger partial charge in [0.2, 0.25) is 6.36 Å². The number of benzene rings is 2. The Hall–Kier alpha value is -3.85. The lowest BCUT2D eigenvalue weighted by molar-refractivity contribution is 0.0685. The molecule has 2 aromatic carbocycles. The number of alkyl halides is 1. The first-order valence-electron chi connectivity index (χ1n) is 12.2. The van der Waals surface area contributed by atoms with Gasteiger partial charge >= 0.3 is 0 Å². The molecule has 7 nitrogen and oxygen atoms in total. The van der Waals surface area contributed by atoms with Gasteiger partial charge in [-0.15, -0.1) is 0 Å². The maximum atomic E-state index is 15.4. The molecule has 0 radical (unpaired) electrons. The summed E-state index contributed by atoms with van der Waals surface area (Å²) in [5.74, 6) is 1.03. The Morgan fingerprint density at radius 3 is 2.70 bits per heavy atom. The van der Waals surface area contributed by atoms with Crippen molar-refractivity contribution in [1.82, 2.24) is 24.8 Å². The van der Waals surface area contributed by atoms with Crippen molar-refractivity contribution < 1.29 is 18.6 Å². The van der Waals surface area contributed by atoms with E-state index in [1.54, 1.807) is 39.1 Å². The molecule has 4 aromatic rings. The summed E-state index contributed by atoms with van der Waals surface area (Å²) >= 11 is 0. The maximum absolute atomic E-state index is 15.4. The highest BCUT2D eigenvalue weighted by molar-refractivity contribution is 5.85. The smallest absolute Gasteiger partial charge is 0.235 e. The molecule has 2 bridgehead atoms. The van der Waals surface area contributed by atoms with Crippen molar-refractivity contribution in [3.8, 4) is 16.9 Å². The molecular weight excluding hydrogens is 476 g/mol. The summed E-state index contributed by atoms with van der Waals surface area (Å²) in [7, 11) is 0. The predicted molar refractivity (Wildman–Crippen MR) is 136 cm³/mol. The van der Waals surface area contributed by atoms with E-state index in [0.29, 0.717) is 40.2 Å². The molecule has 2 aromatic heterocycles. The third-order valence-electron chi connectivity index (χ3n) is 7.07. The number of nitrogens with zero attached hydrogens (tertiary/aromatic N) is 4. The molecule has 6 rings (SSSR count). The monoisotopic (exact) mass is 503 g/mol. The minimum Gasteiger partial charge on any atom is -0.460 e. The summed E-state index contributed by atoms with van der Waals surface area (Å²) in [4.78, 5) is 13.5. The van der Waals surface area contributed by atoms with Gasteiger partial charge in [0.1, 0.15) is 23.0 Å². The van der Waals surface area contributed by atoms with Gasteiger partial charge in [-0.1, -0.05) is 18.7 Å². The van der Waals surface area contributed by atoms with Gasteiger partial charge in [-0.25, -0.2) is 23.7 Å². The number of hydrogen-bond acceptors (Lipinski definition) is 6. The van der Waals surface area contributed by atoms with Gasteiger partial charge in [0.05, 0.1) is 23.1 Å². The second-order valence-electron chi connectivity index (χ2n) is 10.2. The second-order valence-corrected chi connectivity index (χ2v) is 10.2. The molecule has 37 heavy (non-hydrogen) atoms. The normalized spacial score (nSPS) is 19.3. The Morgan fingerprint density at radius 1 is 1.22 bits per heavy atom. The van der Waals surface area contributed by atoms with Crippen molar-refractivity contribution in [2.45, 2.75) is 58.2 Å². The summed E-state index contributed by atoms with van der Waals surface area (Å²) in [6, 6.07) is 8.36. The van der Waals surface area contributed by atoms with E-state index in [-0.39, 0.29) is 17.9 Å². The van der Waals surface area contributed by atoms with Crippen molar-refractivity contribution in [3.05, 3.63) is 77.4 Å². The van der Waals surface area contributed by atoms with Crippen LogP contribution in [0.15, 0.2) is 43.1 Å². The molecule has 2 aliphatic rings. The zero-order valence-electron chi connectivity index (χ0n) is 21.0. The van der Waals surface area contributed by atoms with E-state index in [2.05, 4.69) is 26.4 Å². The van der Waals surface area contributed by atoms with Gasteiger partial charge in [0.15, 0.2) is 5.82 Å². The minimum absolute atomic E-state index is 0.143. The molecule has 9 heteroatoms. The minimum atomic E-state index is -1.48. The topological polar surface area (TPSA) is 85.1 Å². The summed E-state index contributed by atoms with van der Waals surface area (Å²) < 4.78 is 37.0. The van der Waals surface area contributed by atoms with Crippen LogP contribution in [0.2, 0.25) is 0 Å². The van der Waals surface area contributed by atoms with Gasteiger partial charge in [-0.05, 0) is 39.3 Å². The summed E-state index contributed by atoms with van der Waals surface area (Å²) in [6.45, 7) is 10.5. The molecule has 2 aliphatic heterocycles. The van der Waals surface area contributed by atoms with Gasteiger partial charge in [0.25, 0.3) is 0 Å². The first kappa shape index (κ1) is 23.5. The van der Waals surface area contributed by atoms with E-state index in [9.17, 15) is 9.50 Å². The Balaban J connectivity index is 1.55. The van der Waals surface area contributed by atoms with Crippen LogP contribution in [-0.2, 0) is 5.60 Å². The number of halogens is 2. The number of fused-ring (bicyclic) bond motifs is 9. The Bertz CT molecular complexity index is 1590. The molecule has 3 atom stereocenters. The fourth-order valence-corrected chi connectivity index (χ4v) is 5.46. The number of hydrogen-bond donors (Lipinski definition) is 2. The summed E-state index contributed by atoms with van der Waals surface area (Å²) in [5.41, 5.74) is 3.87. The average molecular weight is 504 g/mol. The van der Waals surface area contributed by atoms with Crippen LogP contribution in [0.5, 0.6) is 5.75 Å². The van der Waals surface area contributed by atoms with E-state index >= 15 is 4.39 Å². The first-order chi connectivity index (χ1) is 17.5. The van der Waals surface area contributed by atoms with E-state index in [1.165, 1.54) is 13.0 Å². The van der Waals surface area contributed by atoms with Gasteiger partial charge in [0, 0.05) is 52.8 Å². The zero-order chi connectivity index (χ0) is 26.2.